The maximum absolute atomic E-state index is 11.9. The summed E-state index contributed by atoms with van der Waals surface area (Å²) >= 11 is 0. The van der Waals surface area contributed by atoms with E-state index in [1.54, 1.807) is 12.1 Å². The molecule has 1 heterocycles. The average Bonchev–Trinajstić information content (AvgIpc) is 3.01. The molecular formula is C17H18N2O2. The fourth-order valence-electron chi connectivity index (χ4n) is 2.28. The minimum absolute atomic E-state index is 0.228. The molecule has 2 atom stereocenters. The van der Waals surface area contributed by atoms with Gasteiger partial charge in [-0.1, -0.05) is 24.6 Å². The van der Waals surface area contributed by atoms with E-state index in [1.165, 1.54) is 12.6 Å². The molecular weight excluding hydrogens is 264 g/mol. The van der Waals surface area contributed by atoms with Crippen molar-refractivity contribution in [2.45, 2.75) is 26.2 Å². The number of rotatable bonds is 4. The number of aryl methyl sites for hydroxylation is 1. The summed E-state index contributed by atoms with van der Waals surface area (Å²) in [5.41, 5.74) is 4.21. The zero-order chi connectivity index (χ0) is 14.8. The molecule has 1 aliphatic rings. The first-order chi connectivity index (χ1) is 10.1. The van der Waals surface area contributed by atoms with Gasteiger partial charge in [0.1, 0.15) is 11.5 Å². The lowest BCUT2D eigenvalue weighted by atomic mass is 10.1. The van der Waals surface area contributed by atoms with Crippen LogP contribution in [0.4, 0.5) is 0 Å². The molecule has 108 valence electrons. The van der Waals surface area contributed by atoms with Crippen molar-refractivity contribution in [3.63, 3.8) is 0 Å². The van der Waals surface area contributed by atoms with Crippen molar-refractivity contribution < 1.29 is 9.21 Å². The first-order valence-corrected chi connectivity index (χ1v) is 7.13. The molecule has 4 heteroatoms. The standard InChI is InChI=1S/C17H18N2O2/c1-11-3-5-13(6-4-11)17(20)19-18-10-14-7-8-16(21-14)15-9-12(15)2/h3-8,10,12,15H,9H2,1-2H3,(H,19,20)/b18-10-/t12-,15-/m1/s1. The molecule has 0 bridgehead atoms. The topological polar surface area (TPSA) is 54.6 Å². The summed E-state index contributed by atoms with van der Waals surface area (Å²) in [4.78, 5) is 11.9. The number of carbonyl (C=O) groups is 1. The van der Waals surface area contributed by atoms with Crippen LogP contribution in [0.5, 0.6) is 0 Å². The van der Waals surface area contributed by atoms with E-state index >= 15 is 0 Å². The molecule has 0 radical (unpaired) electrons. The Morgan fingerprint density at radius 2 is 2.00 bits per heavy atom. The van der Waals surface area contributed by atoms with Gasteiger partial charge in [-0.15, -0.1) is 0 Å². The second-order valence-corrected chi connectivity index (χ2v) is 5.62. The summed E-state index contributed by atoms with van der Waals surface area (Å²) in [6, 6.07) is 11.2. The van der Waals surface area contributed by atoms with Crippen LogP contribution in [0.1, 0.15) is 46.7 Å². The van der Waals surface area contributed by atoms with Crippen LogP contribution in [0.2, 0.25) is 0 Å². The summed E-state index contributed by atoms with van der Waals surface area (Å²) in [7, 11) is 0. The highest BCUT2D eigenvalue weighted by Crippen LogP contribution is 2.47. The largest absolute Gasteiger partial charge is 0.460 e. The molecule has 1 aliphatic carbocycles. The smallest absolute Gasteiger partial charge is 0.271 e. The van der Waals surface area contributed by atoms with E-state index in [9.17, 15) is 4.79 Å². The number of nitrogens with zero attached hydrogens (tertiary/aromatic N) is 1. The van der Waals surface area contributed by atoms with Gasteiger partial charge < -0.3 is 4.42 Å². The number of nitrogens with one attached hydrogen (secondary N) is 1. The van der Waals surface area contributed by atoms with Crippen molar-refractivity contribution in [3.05, 3.63) is 59.0 Å². The van der Waals surface area contributed by atoms with E-state index in [4.69, 9.17) is 4.42 Å². The van der Waals surface area contributed by atoms with E-state index in [1.807, 2.05) is 31.2 Å². The Bertz CT molecular complexity index is 670. The molecule has 0 saturated heterocycles. The molecule has 1 saturated carbocycles. The number of hydrazone groups is 1. The van der Waals surface area contributed by atoms with Gasteiger partial charge in [-0.05, 0) is 43.5 Å². The number of carbonyl (C=O) groups excluding carboxylic acids is 1. The minimum atomic E-state index is -0.228. The van der Waals surface area contributed by atoms with Crippen molar-refractivity contribution in [1.29, 1.82) is 0 Å². The molecule has 2 aromatic rings. The molecule has 1 amide bonds. The van der Waals surface area contributed by atoms with Gasteiger partial charge in [-0.3, -0.25) is 4.79 Å². The van der Waals surface area contributed by atoms with E-state index in [0.29, 0.717) is 23.2 Å². The highest BCUT2D eigenvalue weighted by molar-refractivity contribution is 5.94. The highest BCUT2D eigenvalue weighted by atomic mass is 16.3. The fourth-order valence-corrected chi connectivity index (χ4v) is 2.28. The van der Waals surface area contributed by atoms with Crippen LogP contribution in [0.3, 0.4) is 0 Å². The third-order valence-corrected chi connectivity index (χ3v) is 3.79. The molecule has 0 spiro atoms. The maximum Gasteiger partial charge on any atom is 0.271 e. The van der Waals surface area contributed by atoms with Gasteiger partial charge in [0.05, 0.1) is 6.21 Å². The third kappa shape index (κ3) is 3.21. The van der Waals surface area contributed by atoms with Crippen molar-refractivity contribution in [1.82, 2.24) is 5.43 Å². The van der Waals surface area contributed by atoms with Gasteiger partial charge in [-0.2, -0.15) is 5.10 Å². The Kier molecular flexibility index (Phi) is 3.60. The van der Waals surface area contributed by atoms with Gasteiger partial charge >= 0.3 is 0 Å². The number of furan rings is 1. The fraction of sp³-hybridized carbons (Fsp3) is 0.294. The first-order valence-electron chi connectivity index (χ1n) is 7.13. The Morgan fingerprint density at radius 3 is 2.67 bits per heavy atom. The van der Waals surface area contributed by atoms with Crippen LogP contribution in [0.15, 0.2) is 45.9 Å². The summed E-state index contributed by atoms with van der Waals surface area (Å²) in [6.45, 7) is 4.19. The average molecular weight is 282 g/mol. The predicted molar refractivity (Wildman–Crippen MR) is 81.5 cm³/mol. The van der Waals surface area contributed by atoms with Crippen LogP contribution < -0.4 is 5.43 Å². The van der Waals surface area contributed by atoms with Crippen LogP contribution in [0.25, 0.3) is 0 Å². The molecule has 0 aliphatic heterocycles. The van der Waals surface area contributed by atoms with Gasteiger partial charge in [0.15, 0.2) is 0 Å². The molecule has 3 rings (SSSR count). The zero-order valence-electron chi connectivity index (χ0n) is 12.2. The normalized spacial score (nSPS) is 20.7. The predicted octanol–water partition coefficient (Wildman–Crippen LogP) is 3.48. The molecule has 4 nitrogen and oxygen atoms in total. The second kappa shape index (κ2) is 5.56. The van der Waals surface area contributed by atoms with Gasteiger partial charge in [0.2, 0.25) is 0 Å². The maximum atomic E-state index is 11.9. The number of amides is 1. The molecule has 1 aromatic heterocycles. The lowest BCUT2D eigenvalue weighted by molar-refractivity contribution is 0.0955. The monoisotopic (exact) mass is 282 g/mol. The van der Waals surface area contributed by atoms with Crippen LogP contribution in [-0.4, -0.2) is 12.1 Å². The van der Waals surface area contributed by atoms with E-state index in [-0.39, 0.29) is 5.91 Å². The summed E-state index contributed by atoms with van der Waals surface area (Å²) in [5.74, 6) is 2.70. The van der Waals surface area contributed by atoms with E-state index in [0.717, 1.165) is 11.3 Å². The summed E-state index contributed by atoms with van der Waals surface area (Å²) < 4.78 is 5.68. The lowest BCUT2D eigenvalue weighted by Gasteiger charge is -1.99. The number of benzene rings is 1. The van der Waals surface area contributed by atoms with Crippen LogP contribution in [-0.2, 0) is 0 Å². The zero-order valence-corrected chi connectivity index (χ0v) is 12.2. The van der Waals surface area contributed by atoms with Crippen molar-refractivity contribution in [2.24, 2.45) is 11.0 Å². The minimum Gasteiger partial charge on any atom is -0.460 e. The molecule has 21 heavy (non-hydrogen) atoms. The lowest BCUT2D eigenvalue weighted by Crippen LogP contribution is -2.17. The Morgan fingerprint density at radius 1 is 1.29 bits per heavy atom. The Hall–Kier alpha value is -2.36. The quantitative estimate of drug-likeness (QED) is 0.689. The second-order valence-electron chi connectivity index (χ2n) is 5.62. The Balaban J connectivity index is 1.57. The van der Waals surface area contributed by atoms with Crippen molar-refractivity contribution >= 4 is 12.1 Å². The van der Waals surface area contributed by atoms with Crippen molar-refractivity contribution in [2.75, 3.05) is 0 Å². The van der Waals surface area contributed by atoms with Crippen molar-refractivity contribution in [3.8, 4) is 0 Å². The number of hydrogen-bond acceptors (Lipinski definition) is 3. The van der Waals surface area contributed by atoms with E-state index in [2.05, 4.69) is 17.5 Å². The molecule has 0 unspecified atom stereocenters. The molecule has 1 N–H and O–H groups in total. The van der Waals surface area contributed by atoms with Crippen LogP contribution >= 0.6 is 0 Å². The van der Waals surface area contributed by atoms with Gasteiger partial charge in [0, 0.05) is 11.5 Å². The van der Waals surface area contributed by atoms with E-state index < -0.39 is 0 Å². The first kappa shape index (κ1) is 13.6. The molecule has 1 aromatic carbocycles. The summed E-state index contributed by atoms with van der Waals surface area (Å²) in [6.07, 6.45) is 2.72. The number of hydrogen-bond donors (Lipinski definition) is 1. The van der Waals surface area contributed by atoms with Crippen LogP contribution in [0, 0.1) is 12.8 Å². The third-order valence-electron chi connectivity index (χ3n) is 3.79. The highest BCUT2D eigenvalue weighted by Gasteiger charge is 2.36. The summed E-state index contributed by atoms with van der Waals surface area (Å²) in [5, 5.41) is 3.93. The molecule has 1 fully saturated rings. The Labute approximate surface area is 123 Å². The van der Waals surface area contributed by atoms with Gasteiger partial charge in [0.25, 0.3) is 5.91 Å². The van der Waals surface area contributed by atoms with Gasteiger partial charge in [-0.25, -0.2) is 5.43 Å². The SMILES string of the molecule is Cc1ccc(C(=O)N/N=C\c2ccc([C@@H]3C[C@H]3C)o2)cc1.